The molecule has 2 amide bonds. The Morgan fingerprint density at radius 1 is 1.15 bits per heavy atom. The molecule has 174 valence electrons. The SMILES string of the molecule is CCOc1ccc(-c2noc(C3CCN(C(=O)NCCc4ccccc4)CC3)n2)cc1OC. The summed E-state index contributed by atoms with van der Waals surface area (Å²) in [6, 6.07) is 15.7. The standard InChI is InChI=1S/C25H30N4O4/c1-3-32-21-10-9-20(17-22(21)31-2)23-27-24(33-28-23)19-12-15-29(16-13-19)25(30)26-14-11-18-7-5-4-6-8-18/h4-10,17,19H,3,11-16H2,1-2H3,(H,26,30). The first-order valence-corrected chi connectivity index (χ1v) is 11.4. The Kier molecular flexibility index (Phi) is 7.44. The second-order valence-electron chi connectivity index (χ2n) is 7.98. The molecule has 0 aliphatic carbocycles. The largest absolute Gasteiger partial charge is 0.493 e. The lowest BCUT2D eigenvalue weighted by atomic mass is 9.97. The molecular formula is C25H30N4O4. The molecule has 0 atom stereocenters. The summed E-state index contributed by atoms with van der Waals surface area (Å²) in [5, 5.41) is 7.18. The molecule has 0 saturated carbocycles. The molecule has 0 spiro atoms. The van der Waals surface area contributed by atoms with Crippen molar-refractivity contribution in [2.45, 2.75) is 32.1 Å². The van der Waals surface area contributed by atoms with Gasteiger partial charge in [0.1, 0.15) is 0 Å². The zero-order chi connectivity index (χ0) is 23.0. The first-order valence-electron chi connectivity index (χ1n) is 11.4. The number of likely N-dealkylation sites (tertiary alicyclic amines) is 1. The minimum atomic E-state index is -0.0166. The highest BCUT2D eigenvalue weighted by Crippen LogP contribution is 2.33. The summed E-state index contributed by atoms with van der Waals surface area (Å²) in [6.07, 6.45) is 2.41. The molecule has 4 rings (SSSR count). The normalized spacial score (nSPS) is 14.2. The first kappa shape index (κ1) is 22.6. The molecule has 2 heterocycles. The van der Waals surface area contributed by atoms with Gasteiger partial charge in [-0.15, -0.1) is 0 Å². The van der Waals surface area contributed by atoms with Crippen LogP contribution in [0.5, 0.6) is 11.5 Å². The van der Waals surface area contributed by atoms with Gasteiger partial charge >= 0.3 is 6.03 Å². The van der Waals surface area contributed by atoms with Crippen LogP contribution < -0.4 is 14.8 Å². The summed E-state index contributed by atoms with van der Waals surface area (Å²) >= 11 is 0. The number of amides is 2. The minimum Gasteiger partial charge on any atom is -0.493 e. The number of rotatable bonds is 8. The van der Waals surface area contributed by atoms with Gasteiger partial charge in [-0.3, -0.25) is 0 Å². The highest BCUT2D eigenvalue weighted by molar-refractivity contribution is 5.74. The van der Waals surface area contributed by atoms with Gasteiger partial charge in [0, 0.05) is 31.1 Å². The van der Waals surface area contributed by atoms with E-state index in [1.54, 1.807) is 7.11 Å². The van der Waals surface area contributed by atoms with Crippen molar-refractivity contribution in [2.24, 2.45) is 0 Å². The zero-order valence-corrected chi connectivity index (χ0v) is 19.1. The highest BCUT2D eigenvalue weighted by Gasteiger charge is 2.27. The van der Waals surface area contributed by atoms with Crippen LogP contribution in [0.3, 0.4) is 0 Å². The van der Waals surface area contributed by atoms with Crippen molar-refractivity contribution in [2.75, 3.05) is 33.4 Å². The van der Waals surface area contributed by atoms with Crippen LogP contribution in [0.2, 0.25) is 0 Å². The second-order valence-corrected chi connectivity index (χ2v) is 7.98. The Hall–Kier alpha value is -3.55. The lowest BCUT2D eigenvalue weighted by Crippen LogP contribution is -2.44. The number of benzene rings is 2. The van der Waals surface area contributed by atoms with Gasteiger partial charge in [-0.05, 0) is 49.9 Å². The van der Waals surface area contributed by atoms with E-state index in [4.69, 9.17) is 14.0 Å². The number of nitrogens with one attached hydrogen (secondary N) is 1. The predicted molar refractivity (Wildman–Crippen MR) is 125 cm³/mol. The smallest absolute Gasteiger partial charge is 0.317 e. The first-order chi connectivity index (χ1) is 16.2. The Morgan fingerprint density at radius 2 is 1.94 bits per heavy atom. The van der Waals surface area contributed by atoms with E-state index in [1.165, 1.54) is 5.56 Å². The fraction of sp³-hybridized carbons (Fsp3) is 0.400. The van der Waals surface area contributed by atoms with Gasteiger partial charge < -0.3 is 24.2 Å². The molecule has 1 N–H and O–H groups in total. The van der Waals surface area contributed by atoms with E-state index >= 15 is 0 Å². The molecule has 0 bridgehead atoms. The zero-order valence-electron chi connectivity index (χ0n) is 19.1. The second kappa shape index (κ2) is 10.8. The van der Waals surface area contributed by atoms with E-state index in [9.17, 15) is 4.79 Å². The van der Waals surface area contributed by atoms with Crippen molar-refractivity contribution in [3.63, 3.8) is 0 Å². The number of methoxy groups -OCH3 is 1. The molecule has 1 aliphatic heterocycles. The number of carbonyl (C=O) groups excluding carboxylic acids is 1. The molecule has 1 fully saturated rings. The lowest BCUT2D eigenvalue weighted by molar-refractivity contribution is 0.175. The molecule has 1 aliphatic rings. The Morgan fingerprint density at radius 3 is 2.67 bits per heavy atom. The number of hydrogen-bond donors (Lipinski definition) is 1. The average Bonchev–Trinajstić information content (AvgIpc) is 3.35. The fourth-order valence-corrected chi connectivity index (χ4v) is 4.00. The van der Waals surface area contributed by atoms with E-state index in [0.29, 0.717) is 49.5 Å². The summed E-state index contributed by atoms with van der Waals surface area (Å²) in [6.45, 7) is 4.44. The molecule has 1 saturated heterocycles. The summed E-state index contributed by atoms with van der Waals surface area (Å²) in [4.78, 5) is 19.0. The maximum atomic E-state index is 12.5. The van der Waals surface area contributed by atoms with E-state index < -0.39 is 0 Å². The maximum absolute atomic E-state index is 12.5. The van der Waals surface area contributed by atoms with E-state index in [0.717, 1.165) is 24.8 Å². The number of hydrogen-bond acceptors (Lipinski definition) is 6. The summed E-state index contributed by atoms with van der Waals surface area (Å²) < 4.78 is 16.6. The van der Waals surface area contributed by atoms with Gasteiger partial charge in [0.2, 0.25) is 11.7 Å². The fourth-order valence-electron chi connectivity index (χ4n) is 4.00. The van der Waals surface area contributed by atoms with E-state index in [1.807, 2.05) is 48.2 Å². The van der Waals surface area contributed by atoms with Gasteiger partial charge in [0.15, 0.2) is 11.5 Å². The monoisotopic (exact) mass is 450 g/mol. The number of carbonyl (C=O) groups is 1. The van der Waals surface area contributed by atoms with Gasteiger partial charge in [-0.25, -0.2) is 4.79 Å². The van der Waals surface area contributed by atoms with Crippen LogP contribution >= 0.6 is 0 Å². The molecule has 0 radical (unpaired) electrons. The van der Waals surface area contributed by atoms with Crippen LogP contribution in [0.1, 0.15) is 37.1 Å². The molecule has 33 heavy (non-hydrogen) atoms. The third-order valence-corrected chi connectivity index (χ3v) is 5.83. The quantitative estimate of drug-likeness (QED) is 0.551. The van der Waals surface area contributed by atoms with Gasteiger partial charge in [0.05, 0.1) is 13.7 Å². The number of aromatic nitrogens is 2. The molecular weight excluding hydrogens is 420 g/mol. The third kappa shape index (κ3) is 5.63. The number of urea groups is 1. The van der Waals surface area contributed by atoms with Gasteiger partial charge in [-0.2, -0.15) is 4.98 Å². The van der Waals surface area contributed by atoms with Crippen molar-refractivity contribution >= 4 is 6.03 Å². The summed E-state index contributed by atoms with van der Waals surface area (Å²) in [5.74, 6) is 2.59. The number of nitrogens with zero attached hydrogens (tertiary/aromatic N) is 3. The lowest BCUT2D eigenvalue weighted by Gasteiger charge is -2.30. The average molecular weight is 451 g/mol. The topological polar surface area (TPSA) is 89.7 Å². The third-order valence-electron chi connectivity index (χ3n) is 5.83. The van der Waals surface area contributed by atoms with Crippen molar-refractivity contribution in [1.29, 1.82) is 0 Å². The van der Waals surface area contributed by atoms with Crippen molar-refractivity contribution in [3.8, 4) is 22.9 Å². The van der Waals surface area contributed by atoms with Crippen LogP contribution in [0.15, 0.2) is 53.1 Å². The van der Waals surface area contributed by atoms with Gasteiger partial charge in [-0.1, -0.05) is 35.5 Å². The van der Waals surface area contributed by atoms with E-state index in [-0.39, 0.29) is 11.9 Å². The van der Waals surface area contributed by atoms with Crippen LogP contribution in [-0.4, -0.2) is 54.4 Å². The summed E-state index contributed by atoms with van der Waals surface area (Å²) in [5.41, 5.74) is 2.02. The Balaban J connectivity index is 1.29. The maximum Gasteiger partial charge on any atom is 0.317 e. The summed E-state index contributed by atoms with van der Waals surface area (Å²) in [7, 11) is 1.61. The minimum absolute atomic E-state index is 0.0166. The Bertz CT molecular complexity index is 1050. The predicted octanol–water partition coefficient (Wildman–Crippen LogP) is 4.28. The van der Waals surface area contributed by atoms with Crippen molar-refractivity contribution in [1.82, 2.24) is 20.4 Å². The highest BCUT2D eigenvalue weighted by atomic mass is 16.5. The van der Waals surface area contributed by atoms with Crippen LogP contribution in [0.25, 0.3) is 11.4 Å². The molecule has 8 nitrogen and oxygen atoms in total. The molecule has 0 unspecified atom stereocenters. The number of ether oxygens (including phenoxy) is 2. The van der Waals surface area contributed by atoms with Gasteiger partial charge in [0.25, 0.3) is 0 Å². The molecule has 2 aromatic carbocycles. The van der Waals surface area contributed by atoms with E-state index in [2.05, 4.69) is 27.6 Å². The Labute approximate surface area is 193 Å². The molecule has 1 aromatic heterocycles. The van der Waals surface area contributed by atoms with Crippen molar-refractivity contribution in [3.05, 3.63) is 60.0 Å². The van der Waals surface area contributed by atoms with Crippen LogP contribution in [0.4, 0.5) is 4.79 Å². The van der Waals surface area contributed by atoms with Crippen LogP contribution in [-0.2, 0) is 6.42 Å². The number of piperidine rings is 1. The molecule has 3 aromatic rings. The van der Waals surface area contributed by atoms with Crippen LogP contribution in [0, 0.1) is 0 Å². The molecule has 8 heteroatoms. The van der Waals surface area contributed by atoms with Crippen molar-refractivity contribution < 1.29 is 18.8 Å².